The smallest absolute Gasteiger partial charge is 0.222 e. The van der Waals surface area contributed by atoms with Crippen molar-refractivity contribution in [2.75, 3.05) is 19.6 Å². The molecule has 19 heavy (non-hydrogen) atoms. The van der Waals surface area contributed by atoms with Crippen LogP contribution in [0.5, 0.6) is 0 Å². The van der Waals surface area contributed by atoms with Crippen molar-refractivity contribution in [3.63, 3.8) is 0 Å². The normalized spacial score (nSPS) is 22.1. The quantitative estimate of drug-likeness (QED) is 0.903. The molecular weight excluding hydrogens is 236 g/mol. The largest absolute Gasteiger partial charge is 0.342 e. The van der Waals surface area contributed by atoms with Gasteiger partial charge in [0, 0.05) is 32.0 Å². The van der Waals surface area contributed by atoms with E-state index in [1.165, 1.54) is 5.56 Å². The van der Waals surface area contributed by atoms with Crippen LogP contribution in [0.2, 0.25) is 0 Å². The molecule has 0 bridgehead atoms. The number of rotatable bonds is 4. The third-order valence-corrected chi connectivity index (χ3v) is 4.09. The minimum absolute atomic E-state index is 0.249. The van der Waals surface area contributed by atoms with Crippen LogP contribution in [0.15, 0.2) is 30.3 Å². The molecule has 1 heterocycles. The second-order valence-electron chi connectivity index (χ2n) is 5.62. The molecule has 1 fully saturated rings. The summed E-state index contributed by atoms with van der Waals surface area (Å²) in [5.41, 5.74) is 7.13. The van der Waals surface area contributed by atoms with Crippen molar-refractivity contribution in [3.8, 4) is 0 Å². The third kappa shape index (κ3) is 3.80. The highest BCUT2D eigenvalue weighted by atomic mass is 16.2. The number of nitrogens with two attached hydrogens (primary N) is 1. The summed E-state index contributed by atoms with van der Waals surface area (Å²) in [6.07, 6.45) is 2.82. The molecule has 3 heteroatoms. The van der Waals surface area contributed by atoms with Crippen molar-refractivity contribution < 1.29 is 4.79 Å². The highest BCUT2D eigenvalue weighted by Crippen LogP contribution is 2.21. The van der Waals surface area contributed by atoms with Crippen molar-refractivity contribution in [1.29, 1.82) is 0 Å². The number of nitrogens with zero attached hydrogens (tertiary/aromatic N) is 1. The summed E-state index contributed by atoms with van der Waals surface area (Å²) >= 11 is 0. The van der Waals surface area contributed by atoms with E-state index in [1.54, 1.807) is 0 Å². The Morgan fingerprint density at radius 1 is 1.32 bits per heavy atom. The average Bonchev–Trinajstić information content (AvgIpc) is 2.60. The lowest BCUT2D eigenvalue weighted by atomic mass is 9.98. The summed E-state index contributed by atoms with van der Waals surface area (Å²) in [4.78, 5) is 14.1. The zero-order valence-electron chi connectivity index (χ0n) is 11.7. The zero-order valence-corrected chi connectivity index (χ0v) is 11.7. The van der Waals surface area contributed by atoms with Crippen LogP contribution < -0.4 is 5.73 Å². The molecule has 0 aromatic heterocycles. The molecule has 0 radical (unpaired) electrons. The summed E-state index contributed by atoms with van der Waals surface area (Å²) < 4.78 is 0. The van der Waals surface area contributed by atoms with Gasteiger partial charge in [0.1, 0.15) is 0 Å². The first-order chi connectivity index (χ1) is 9.20. The molecule has 2 rings (SSSR count). The van der Waals surface area contributed by atoms with Crippen LogP contribution in [0.25, 0.3) is 0 Å². The monoisotopic (exact) mass is 260 g/mol. The van der Waals surface area contributed by atoms with Crippen molar-refractivity contribution in [2.45, 2.75) is 32.1 Å². The molecule has 104 valence electrons. The predicted octanol–water partition coefficient (Wildman–Crippen LogP) is 2.38. The van der Waals surface area contributed by atoms with Crippen LogP contribution in [0.4, 0.5) is 0 Å². The fraction of sp³-hybridized carbons (Fsp3) is 0.562. The van der Waals surface area contributed by atoms with Gasteiger partial charge in [0.05, 0.1) is 0 Å². The van der Waals surface area contributed by atoms with Crippen molar-refractivity contribution in [1.82, 2.24) is 4.90 Å². The van der Waals surface area contributed by atoms with E-state index in [4.69, 9.17) is 5.73 Å². The first kappa shape index (κ1) is 14.1. The fourth-order valence-electron chi connectivity index (χ4n) is 2.67. The second kappa shape index (κ2) is 6.71. The maximum absolute atomic E-state index is 12.1. The topological polar surface area (TPSA) is 46.3 Å². The Morgan fingerprint density at radius 2 is 2.05 bits per heavy atom. The number of benzene rings is 1. The van der Waals surface area contributed by atoms with Crippen LogP contribution in [-0.4, -0.2) is 30.4 Å². The molecule has 1 amide bonds. The van der Waals surface area contributed by atoms with E-state index >= 15 is 0 Å². The molecule has 3 nitrogen and oxygen atoms in total. The molecule has 0 aliphatic carbocycles. The second-order valence-corrected chi connectivity index (χ2v) is 5.62. The summed E-state index contributed by atoms with van der Waals surface area (Å²) in [7, 11) is 0. The van der Waals surface area contributed by atoms with Gasteiger partial charge in [-0.3, -0.25) is 4.79 Å². The van der Waals surface area contributed by atoms with Gasteiger partial charge in [-0.2, -0.15) is 0 Å². The number of carbonyl (C=O) groups is 1. The van der Waals surface area contributed by atoms with Gasteiger partial charge >= 0.3 is 0 Å². The van der Waals surface area contributed by atoms with Gasteiger partial charge in [0.25, 0.3) is 0 Å². The highest BCUT2D eigenvalue weighted by Gasteiger charge is 2.23. The first-order valence-electron chi connectivity index (χ1n) is 7.23. The van der Waals surface area contributed by atoms with E-state index < -0.39 is 0 Å². The lowest BCUT2D eigenvalue weighted by Crippen LogP contribution is -2.36. The molecule has 1 aliphatic rings. The number of hydrogen-bond acceptors (Lipinski definition) is 2. The lowest BCUT2D eigenvalue weighted by Gasteiger charge is -2.26. The van der Waals surface area contributed by atoms with Gasteiger partial charge in [-0.25, -0.2) is 0 Å². The molecule has 1 saturated heterocycles. The number of carbonyl (C=O) groups excluding carboxylic acids is 1. The average molecular weight is 260 g/mol. The van der Waals surface area contributed by atoms with E-state index in [1.807, 2.05) is 23.1 Å². The van der Waals surface area contributed by atoms with E-state index in [-0.39, 0.29) is 5.92 Å². The van der Waals surface area contributed by atoms with Gasteiger partial charge in [0.2, 0.25) is 5.91 Å². The molecule has 0 spiro atoms. The van der Waals surface area contributed by atoms with Crippen LogP contribution in [-0.2, 0) is 4.79 Å². The summed E-state index contributed by atoms with van der Waals surface area (Å²) in [6, 6.07) is 10.3. The predicted molar refractivity (Wildman–Crippen MR) is 77.8 cm³/mol. The van der Waals surface area contributed by atoms with Gasteiger partial charge in [-0.05, 0) is 24.3 Å². The minimum Gasteiger partial charge on any atom is -0.342 e. The van der Waals surface area contributed by atoms with Gasteiger partial charge < -0.3 is 10.6 Å². The Kier molecular flexibility index (Phi) is 4.97. The van der Waals surface area contributed by atoms with Crippen molar-refractivity contribution in [3.05, 3.63) is 35.9 Å². The van der Waals surface area contributed by atoms with Crippen LogP contribution in [0.3, 0.4) is 0 Å². The molecule has 0 saturated carbocycles. The Labute approximate surface area is 115 Å². The summed E-state index contributed by atoms with van der Waals surface area (Å²) in [5.74, 6) is 1.19. The van der Waals surface area contributed by atoms with E-state index in [0.717, 1.165) is 25.9 Å². The minimum atomic E-state index is 0.249. The van der Waals surface area contributed by atoms with Crippen LogP contribution in [0.1, 0.15) is 37.7 Å². The molecule has 1 aromatic carbocycles. The maximum Gasteiger partial charge on any atom is 0.222 e. The van der Waals surface area contributed by atoms with Crippen LogP contribution >= 0.6 is 0 Å². The molecule has 2 atom stereocenters. The Morgan fingerprint density at radius 3 is 2.74 bits per heavy atom. The SMILES string of the molecule is CC1CCC(=O)N(CC(CN)c2ccccc2)CC1. The maximum atomic E-state index is 12.1. The Hall–Kier alpha value is -1.35. The lowest BCUT2D eigenvalue weighted by molar-refractivity contribution is -0.130. The number of likely N-dealkylation sites (tertiary alicyclic amines) is 1. The molecule has 1 aromatic rings. The first-order valence-corrected chi connectivity index (χ1v) is 7.23. The number of hydrogen-bond donors (Lipinski definition) is 1. The third-order valence-electron chi connectivity index (χ3n) is 4.09. The van der Waals surface area contributed by atoms with E-state index in [2.05, 4.69) is 19.1 Å². The summed E-state index contributed by atoms with van der Waals surface area (Å²) in [6.45, 7) is 4.45. The highest BCUT2D eigenvalue weighted by molar-refractivity contribution is 5.76. The standard InChI is InChI=1S/C16H24N2O/c1-13-7-8-16(19)18(10-9-13)12-15(11-17)14-5-3-2-4-6-14/h2-6,13,15H,7-12,17H2,1H3. The fourth-order valence-corrected chi connectivity index (χ4v) is 2.67. The van der Waals surface area contributed by atoms with Gasteiger partial charge in [0.15, 0.2) is 0 Å². The summed E-state index contributed by atoms with van der Waals surface area (Å²) in [5, 5.41) is 0. The Bertz CT molecular complexity index is 404. The van der Waals surface area contributed by atoms with Crippen molar-refractivity contribution >= 4 is 5.91 Å². The van der Waals surface area contributed by atoms with Crippen LogP contribution in [0, 0.1) is 5.92 Å². The molecule has 2 unspecified atom stereocenters. The van der Waals surface area contributed by atoms with Gasteiger partial charge in [-0.15, -0.1) is 0 Å². The van der Waals surface area contributed by atoms with Crippen molar-refractivity contribution in [2.24, 2.45) is 11.7 Å². The number of amides is 1. The Balaban J connectivity index is 2.03. The molecule has 1 aliphatic heterocycles. The van der Waals surface area contributed by atoms with E-state index in [0.29, 0.717) is 24.8 Å². The van der Waals surface area contributed by atoms with E-state index in [9.17, 15) is 4.79 Å². The van der Waals surface area contributed by atoms with Gasteiger partial charge in [-0.1, -0.05) is 37.3 Å². The molecule has 2 N–H and O–H groups in total. The zero-order chi connectivity index (χ0) is 13.7. The molecular formula is C16H24N2O.